The smallest absolute Gasteiger partial charge is 0.270 e. The minimum atomic E-state index is 0.0350. The van der Waals surface area contributed by atoms with Gasteiger partial charge in [0.1, 0.15) is 5.69 Å². The zero-order valence-electron chi connectivity index (χ0n) is 9.86. The number of halogens is 1. The Morgan fingerprint density at radius 2 is 2.31 bits per heavy atom. The largest absolute Gasteiger partial charge is 0.383 e. The Labute approximate surface area is 104 Å². The summed E-state index contributed by atoms with van der Waals surface area (Å²) < 4.78 is 7.72. The molecule has 0 fully saturated rings. The average molecular weight is 289 g/mol. The Kier molecular flexibility index (Phi) is 5.02. The number of rotatable bonds is 5. The summed E-state index contributed by atoms with van der Waals surface area (Å²) in [5, 5.41) is 0. The number of likely N-dealkylation sites (N-methyl/N-ethyl adjacent to an activating group) is 1. The number of aryl methyl sites for hydroxylation is 1. The molecular weight excluding hydrogens is 272 g/mol. The first kappa shape index (κ1) is 13.3. The third-order valence-corrected chi connectivity index (χ3v) is 2.86. The van der Waals surface area contributed by atoms with Crippen LogP contribution < -0.4 is 0 Å². The van der Waals surface area contributed by atoms with Crippen molar-refractivity contribution < 1.29 is 9.53 Å². The predicted octanol–water partition coefficient (Wildman–Crippen LogP) is 1.90. The van der Waals surface area contributed by atoms with Crippen LogP contribution in [0.3, 0.4) is 0 Å². The number of carbonyl (C=O) groups is 1. The number of aromatic nitrogens is 1. The second-order valence-corrected chi connectivity index (χ2v) is 4.45. The lowest BCUT2D eigenvalue weighted by Crippen LogP contribution is -2.34. The molecule has 0 bridgehead atoms. The van der Waals surface area contributed by atoms with Gasteiger partial charge in [0, 0.05) is 37.9 Å². The fraction of sp³-hybridized carbons (Fsp3) is 0.545. The molecule has 0 N–H and O–H groups in total. The molecule has 90 valence electrons. The summed E-state index contributed by atoms with van der Waals surface area (Å²) >= 11 is 3.36. The third kappa shape index (κ3) is 3.09. The van der Waals surface area contributed by atoms with Crippen molar-refractivity contribution in [2.45, 2.75) is 6.92 Å². The lowest BCUT2D eigenvalue weighted by molar-refractivity contribution is 0.0697. The third-order valence-electron chi connectivity index (χ3n) is 2.42. The van der Waals surface area contributed by atoms with Crippen LogP contribution in [0.25, 0.3) is 0 Å². The van der Waals surface area contributed by atoms with E-state index in [0.29, 0.717) is 25.4 Å². The fourth-order valence-electron chi connectivity index (χ4n) is 1.50. The van der Waals surface area contributed by atoms with E-state index < -0.39 is 0 Å². The summed E-state index contributed by atoms with van der Waals surface area (Å²) in [6.45, 7) is 3.83. The molecule has 1 amide bonds. The monoisotopic (exact) mass is 288 g/mol. The first-order valence-corrected chi connectivity index (χ1v) is 5.99. The molecule has 5 heteroatoms. The molecular formula is C11H17BrN2O2. The van der Waals surface area contributed by atoms with Gasteiger partial charge >= 0.3 is 0 Å². The van der Waals surface area contributed by atoms with Crippen molar-refractivity contribution in [2.24, 2.45) is 7.05 Å². The van der Waals surface area contributed by atoms with E-state index in [-0.39, 0.29) is 5.91 Å². The van der Waals surface area contributed by atoms with Crippen LogP contribution in [0.1, 0.15) is 17.4 Å². The number of ether oxygens (including phenoxy) is 1. The molecule has 1 rings (SSSR count). The van der Waals surface area contributed by atoms with E-state index in [1.807, 2.05) is 30.8 Å². The first-order valence-electron chi connectivity index (χ1n) is 5.20. The summed E-state index contributed by atoms with van der Waals surface area (Å²) in [5.74, 6) is 0.0350. The summed E-state index contributed by atoms with van der Waals surface area (Å²) in [6, 6.07) is 1.83. The predicted molar refractivity (Wildman–Crippen MR) is 66.6 cm³/mol. The molecule has 0 aliphatic carbocycles. The molecule has 1 aromatic heterocycles. The number of hydrogen-bond donors (Lipinski definition) is 0. The van der Waals surface area contributed by atoms with Crippen LogP contribution in [-0.4, -0.2) is 42.2 Å². The number of nitrogens with zero attached hydrogens (tertiary/aromatic N) is 2. The highest BCUT2D eigenvalue weighted by molar-refractivity contribution is 9.10. The molecule has 1 aromatic rings. The van der Waals surface area contributed by atoms with Crippen molar-refractivity contribution in [3.63, 3.8) is 0 Å². The summed E-state index contributed by atoms with van der Waals surface area (Å²) in [7, 11) is 3.50. The minimum absolute atomic E-state index is 0.0350. The molecule has 1 heterocycles. The first-order chi connectivity index (χ1) is 7.60. The zero-order valence-corrected chi connectivity index (χ0v) is 11.5. The lowest BCUT2D eigenvalue weighted by Gasteiger charge is -2.20. The molecule has 0 saturated heterocycles. The van der Waals surface area contributed by atoms with E-state index in [1.165, 1.54) is 0 Å². The van der Waals surface area contributed by atoms with Crippen LogP contribution >= 0.6 is 15.9 Å². The Morgan fingerprint density at radius 1 is 1.62 bits per heavy atom. The van der Waals surface area contributed by atoms with Gasteiger partial charge in [0.25, 0.3) is 5.91 Å². The number of amides is 1. The van der Waals surface area contributed by atoms with Crippen LogP contribution in [0, 0.1) is 0 Å². The van der Waals surface area contributed by atoms with E-state index in [9.17, 15) is 4.79 Å². The van der Waals surface area contributed by atoms with Crippen molar-refractivity contribution in [1.29, 1.82) is 0 Å². The van der Waals surface area contributed by atoms with Gasteiger partial charge in [-0.2, -0.15) is 0 Å². The van der Waals surface area contributed by atoms with E-state index in [0.717, 1.165) is 4.47 Å². The number of carbonyl (C=O) groups excluding carboxylic acids is 1. The SMILES string of the molecule is CCN(CCOC)C(=O)c1cc(Br)cn1C. The summed E-state index contributed by atoms with van der Waals surface area (Å²) in [6.07, 6.45) is 1.87. The Bertz CT molecular complexity index is 363. The van der Waals surface area contributed by atoms with Crippen LogP contribution in [0.4, 0.5) is 0 Å². The second kappa shape index (κ2) is 6.06. The van der Waals surface area contributed by atoms with Gasteiger partial charge in [0.2, 0.25) is 0 Å². The van der Waals surface area contributed by atoms with Gasteiger partial charge in [-0.15, -0.1) is 0 Å². The molecule has 0 atom stereocenters. The quantitative estimate of drug-likeness (QED) is 0.829. The van der Waals surface area contributed by atoms with Crippen molar-refractivity contribution in [2.75, 3.05) is 26.8 Å². The fourth-order valence-corrected chi connectivity index (χ4v) is 2.03. The maximum Gasteiger partial charge on any atom is 0.270 e. The Morgan fingerprint density at radius 3 is 2.75 bits per heavy atom. The molecule has 0 radical (unpaired) electrons. The van der Waals surface area contributed by atoms with Crippen LogP contribution in [0.15, 0.2) is 16.7 Å². The lowest BCUT2D eigenvalue weighted by atomic mass is 10.3. The molecule has 0 spiro atoms. The highest BCUT2D eigenvalue weighted by atomic mass is 79.9. The van der Waals surface area contributed by atoms with Crippen LogP contribution in [0.5, 0.6) is 0 Å². The van der Waals surface area contributed by atoms with Gasteiger partial charge in [-0.05, 0) is 28.9 Å². The van der Waals surface area contributed by atoms with Gasteiger partial charge in [-0.1, -0.05) is 0 Å². The molecule has 4 nitrogen and oxygen atoms in total. The normalized spacial score (nSPS) is 10.5. The Balaban J connectivity index is 2.78. The van der Waals surface area contributed by atoms with Crippen molar-refractivity contribution in [3.05, 3.63) is 22.4 Å². The van der Waals surface area contributed by atoms with Crippen LogP contribution in [0.2, 0.25) is 0 Å². The molecule has 0 aromatic carbocycles. The van der Waals surface area contributed by atoms with Gasteiger partial charge in [0.15, 0.2) is 0 Å². The van der Waals surface area contributed by atoms with Gasteiger partial charge in [0.05, 0.1) is 6.61 Å². The molecule has 16 heavy (non-hydrogen) atoms. The van der Waals surface area contributed by atoms with Crippen LogP contribution in [-0.2, 0) is 11.8 Å². The van der Waals surface area contributed by atoms with E-state index in [2.05, 4.69) is 15.9 Å². The number of hydrogen-bond acceptors (Lipinski definition) is 2. The van der Waals surface area contributed by atoms with Gasteiger partial charge in [-0.3, -0.25) is 4.79 Å². The van der Waals surface area contributed by atoms with E-state index in [4.69, 9.17) is 4.74 Å². The maximum absolute atomic E-state index is 12.1. The standard InChI is InChI=1S/C11H17BrN2O2/c1-4-14(5-6-16-3)11(15)10-7-9(12)8-13(10)2/h7-8H,4-6H2,1-3H3. The maximum atomic E-state index is 12.1. The van der Waals surface area contributed by atoms with Crippen molar-refractivity contribution in [1.82, 2.24) is 9.47 Å². The van der Waals surface area contributed by atoms with Crippen molar-refractivity contribution in [3.8, 4) is 0 Å². The molecule has 0 aliphatic heterocycles. The second-order valence-electron chi connectivity index (χ2n) is 3.53. The van der Waals surface area contributed by atoms with E-state index >= 15 is 0 Å². The Hall–Kier alpha value is -0.810. The molecule has 0 aliphatic rings. The van der Waals surface area contributed by atoms with Crippen molar-refractivity contribution >= 4 is 21.8 Å². The highest BCUT2D eigenvalue weighted by Gasteiger charge is 2.17. The van der Waals surface area contributed by atoms with E-state index in [1.54, 1.807) is 12.0 Å². The molecule has 0 unspecified atom stereocenters. The average Bonchev–Trinajstić information content (AvgIpc) is 2.58. The minimum Gasteiger partial charge on any atom is -0.383 e. The topological polar surface area (TPSA) is 34.5 Å². The summed E-state index contributed by atoms with van der Waals surface area (Å²) in [5.41, 5.74) is 0.685. The number of methoxy groups -OCH3 is 1. The molecule has 0 saturated carbocycles. The van der Waals surface area contributed by atoms with Gasteiger partial charge in [-0.25, -0.2) is 0 Å². The summed E-state index contributed by atoms with van der Waals surface area (Å²) in [4.78, 5) is 13.9. The highest BCUT2D eigenvalue weighted by Crippen LogP contribution is 2.15. The zero-order chi connectivity index (χ0) is 12.1. The van der Waals surface area contributed by atoms with Gasteiger partial charge < -0.3 is 14.2 Å².